The number of nitrogens with zero attached hydrogens (tertiary/aromatic N) is 4. The molecule has 6 aromatic rings. The zero-order chi connectivity index (χ0) is 23.8. The molecule has 6 nitrogen and oxygen atoms in total. The van der Waals surface area contributed by atoms with Gasteiger partial charge in [0.1, 0.15) is 23.2 Å². The van der Waals surface area contributed by atoms with Crippen molar-refractivity contribution >= 4 is 11.0 Å². The average Bonchev–Trinajstić information content (AvgIpc) is 3.58. The van der Waals surface area contributed by atoms with E-state index in [-0.39, 0.29) is 5.75 Å². The number of phenols is 1. The summed E-state index contributed by atoms with van der Waals surface area (Å²) in [4.78, 5) is 4.95. The monoisotopic (exact) mass is 454 g/mol. The van der Waals surface area contributed by atoms with Gasteiger partial charge in [0, 0.05) is 11.1 Å². The number of para-hydroxylation sites is 1. The normalized spacial score (nSPS) is 10.9. The third-order valence-corrected chi connectivity index (χ3v) is 5.89. The minimum Gasteiger partial charge on any atom is -0.508 e. The van der Waals surface area contributed by atoms with E-state index in [0.717, 1.165) is 22.2 Å². The summed E-state index contributed by atoms with van der Waals surface area (Å²) in [6, 6.07) is 32.4. The molecule has 0 radical (unpaired) electrons. The Morgan fingerprint density at radius 2 is 1.49 bits per heavy atom. The first-order chi connectivity index (χ1) is 17.2. The Hall–Kier alpha value is -5.15. The lowest BCUT2D eigenvalue weighted by atomic mass is 9.93. The number of phenolic OH excluding ortho intramolecular Hbond substituents is 1. The molecule has 0 unspecified atom stereocenters. The topological polar surface area (TPSA) is 87.9 Å². The van der Waals surface area contributed by atoms with Crippen LogP contribution in [0.25, 0.3) is 50.6 Å². The van der Waals surface area contributed by atoms with Crippen LogP contribution in [0.4, 0.5) is 0 Å². The predicted molar refractivity (Wildman–Crippen MR) is 134 cm³/mol. The third kappa shape index (κ3) is 3.43. The molecule has 3 aromatic carbocycles. The van der Waals surface area contributed by atoms with E-state index in [0.29, 0.717) is 33.9 Å². The van der Waals surface area contributed by atoms with Crippen molar-refractivity contribution in [3.8, 4) is 51.3 Å². The Morgan fingerprint density at radius 3 is 2.14 bits per heavy atom. The molecule has 0 spiro atoms. The van der Waals surface area contributed by atoms with Crippen LogP contribution in [-0.2, 0) is 0 Å². The zero-order valence-electron chi connectivity index (χ0n) is 18.5. The smallest absolute Gasteiger partial charge is 0.165 e. The van der Waals surface area contributed by atoms with Crippen LogP contribution in [0, 0.1) is 11.3 Å². The summed E-state index contributed by atoms with van der Waals surface area (Å²) in [7, 11) is 0. The largest absolute Gasteiger partial charge is 0.508 e. The summed E-state index contributed by atoms with van der Waals surface area (Å²) in [6.07, 6.45) is 1.56. The van der Waals surface area contributed by atoms with Crippen LogP contribution in [0.5, 0.6) is 5.75 Å². The van der Waals surface area contributed by atoms with Gasteiger partial charge in [-0.05, 0) is 42.0 Å². The molecular formula is C29H18N4O2. The average molecular weight is 454 g/mol. The summed E-state index contributed by atoms with van der Waals surface area (Å²) >= 11 is 0. The minimum absolute atomic E-state index is 0.145. The van der Waals surface area contributed by atoms with E-state index in [9.17, 15) is 10.4 Å². The van der Waals surface area contributed by atoms with Gasteiger partial charge in [0.25, 0.3) is 0 Å². The van der Waals surface area contributed by atoms with Crippen molar-refractivity contribution in [3.63, 3.8) is 0 Å². The van der Waals surface area contributed by atoms with Gasteiger partial charge in [0.2, 0.25) is 0 Å². The lowest BCUT2D eigenvalue weighted by Gasteiger charge is -2.12. The van der Waals surface area contributed by atoms with Crippen molar-refractivity contribution in [2.75, 3.05) is 0 Å². The number of rotatable bonds is 4. The molecule has 3 aromatic heterocycles. The Bertz CT molecular complexity index is 1680. The van der Waals surface area contributed by atoms with E-state index in [2.05, 4.69) is 6.07 Å². The van der Waals surface area contributed by atoms with E-state index in [1.165, 1.54) is 0 Å². The molecule has 0 saturated heterocycles. The first-order valence-corrected chi connectivity index (χ1v) is 11.1. The Kier molecular flexibility index (Phi) is 4.86. The van der Waals surface area contributed by atoms with E-state index in [1.807, 2.05) is 60.7 Å². The van der Waals surface area contributed by atoms with Crippen molar-refractivity contribution in [1.29, 1.82) is 5.26 Å². The zero-order valence-corrected chi connectivity index (χ0v) is 18.5. The van der Waals surface area contributed by atoms with Gasteiger partial charge in [0.05, 0.1) is 22.9 Å². The summed E-state index contributed by atoms with van der Waals surface area (Å²) in [5.74, 6) is 0.637. The second kappa shape index (κ2) is 8.32. The van der Waals surface area contributed by atoms with E-state index in [1.54, 1.807) is 47.3 Å². The fourth-order valence-corrected chi connectivity index (χ4v) is 4.31. The minimum atomic E-state index is 0.145. The highest BCUT2D eigenvalue weighted by atomic mass is 16.3. The van der Waals surface area contributed by atoms with Crippen LogP contribution in [0.2, 0.25) is 0 Å². The van der Waals surface area contributed by atoms with Gasteiger partial charge < -0.3 is 9.52 Å². The molecule has 0 bridgehead atoms. The van der Waals surface area contributed by atoms with Crippen LogP contribution in [0.1, 0.15) is 5.56 Å². The van der Waals surface area contributed by atoms with Gasteiger partial charge in [-0.1, -0.05) is 60.7 Å². The number of fused-ring (bicyclic) bond motifs is 1. The van der Waals surface area contributed by atoms with Crippen LogP contribution >= 0.6 is 0 Å². The lowest BCUT2D eigenvalue weighted by Crippen LogP contribution is -2.00. The SMILES string of the molecule is N#Cc1c(-c2ccco2)nc2c(c(-c3ccccc3)nn2-c2ccccc2)c1-c1ccc(O)cc1. The predicted octanol–water partition coefficient (Wildman–Crippen LogP) is 6.59. The quantitative estimate of drug-likeness (QED) is 0.325. The van der Waals surface area contributed by atoms with Crippen LogP contribution < -0.4 is 0 Å². The van der Waals surface area contributed by atoms with Gasteiger partial charge in [-0.15, -0.1) is 0 Å². The second-order valence-corrected chi connectivity index (χ2v) is 8.01. The molecule has 3 heterocycles. The lowest BCUT2D eigenvalue weighted by molar-refractivity contribution is 0.475. The first kappa shape index (κ1) is 20.5. The Morgan fingerprint density at radius 1 is 0.771 bits per heavy atom. The highest BCUT2D eigenvalue weighted by Crippen LogP contribution is 2.42. The fourth-order valence-electron chi connectivity index (χ4n) is 4.31. The third-order valence-electron chi connectivity index (χ3n) is 5.89. The number of aromatic nitrogens is 3. The van der Waals surface area contributed by atoms with E-state index >= 15 is 0 Å². The number of benzene rings is 3. The molecule has 6 rings (SSSR count). The molecule has 166 valence electrons. The summed E-state index contributed by atoms with van der Waals surface area (Å²) in [5, 5.41) is 26.0. The molecule has 0 fully saturated rings. The standard InChI is InChI=1S/C29H18N4O2/c30-18-23-25(19-13-15-22(34)16-14-19)26-27(20-8-3-1-4-9-20)32-33(21-10-5-2-6-11-21)29(26)31-28(23)24-12-7-17-35-24/h1-17,34H. The Balaban J connectivity index is 1.82. The van der Waals surface area contributed by atoms with Gasteiger partial charge in [0.15, 0.2) is 11.4 Å². The van der Waals surface area contributed by atoms with Crippen LogP contribution in [0.3, 0.4) is 0 Å². The molecule has 0 amide bonds. The number of nitriles is 1. The van der Waals surface area contributed by atoms with E-state index < -0.39 is 0 Å². The highest BCUT2D eigenvalue weighted by molar-refractivity contribution is 6.07. The summed E-state index contributed by atoms with van der Waals surface area (Å²) in [6.45, 7) is 0. The molecule has 1 N–H and O–H groups in total. The van der Waals surface area contributed by atoms with Crippen molar-refractivity contribution in [1.82, 2.24) is 14.8 Å². The second-order valence-electron chi connectivity index (χ2n) is 8.01. The maximum atomic E-state index is 10.4. The molecule has 0 saturated carbocycles. The summed E-state index contributed by atoms with van der Waals surface area (Å²) < 4.78 is 7.48. The number of hydrogen-bond acceptors (Lipinski definition) is 5. The van der Waals surface area contributed by atoms with Crippen LogP contribution in [-0.4, -0.2) is 19.9 Å². The number of pyridine rings is 1. The number of hydrogen-bond donors (Lipinski definition) is 1. The molecule has 0 aliphatic rings. The molecule has 35 heavy (non-hydrogen) atoms. The molecule has 0 aliphatic carbocycles. The van der Waals surface area contributed by atoms with Gasteiger partial charge >= 0.3 is 0 Å². The highest BCUT2D eigenvalue weighted by Gasteiger charge is 2.26. The van der Waals surface area contributed by atoms with Gasteiger partial charge in [-0.2, -0.15) is 10.4 Å². The number of aromatic hydroxyl groups is 1. The fraction of sp³-hybridized carbons (Fsp3) is 0. The summed E-state index contributed by atoms with van der Waals surface area (Å²) in [5.41, 5.74) is 5.33. The van der Waals surface area contributed by atoms with Gasteiger partial charge in [-0.25, -0.2) is 9.67 Å². The molecule has 0 aliphatic heterocycles. The number of furan rings is 1. The first-order valence-electron chi connectivity index (χ1n) is 11.1. The Labute approximate surface area is 201 Å². The van der Waals surface area contributed by atoms with Crippen molar-refractivity contribution in [2.45, 2.75) is 0 Å². The van der Waals surface area contributed by atoms with Crippen LogP contribution in [0.15, 0.2) is 108 Å². The van der Waals surface area contributed by atoms with Crippen molar-refractivity contribution in [3.05, 3.63) is 109 Å². The van der Waals surface area contributed by atoms with Crippen molar-refractivity contribution < 1.29 is 9.52 Å². The van der Waals surface area contributed by atoms with Crippen molar-refractivity contribution in [2.24, 2.45) is 0 Å². The molecule has 6 heteroatoms. The maximum absolute atomic E-state index is 10.4. The maximum Gasteiger partial charge on any atom is 0.165 e. The van der Waals surface area contributed by atoms with Gasteiger partial charge in [-0.3, -0.25) is 0 Å². The molecular weight excluding hydrogens is 436 g/mol. The molecule has 0 atom stereocenters. The van der Waals surface area contributed by atoms with E-state index in [4.69, 9.17) is 14.5 Å².